The van der Waals surface area contributed by atoms with E-state index >= 15 is 0 Å². The molecule has 24 heteroatoms. The first-order valence-electron chi connectivity index (χ1n) is 19.3. The first-order chi connectivity index (χ1) is 28.9. The van der Waals surface area contributed by atoms with Gasteiger partial charge in [-0.15, -0.1) is 0 Å². The molecule has 14 N–H and O–H groups in total. The van der Waals surface area contributed by atoms with Crippen molar-refractivity contribution in [2.24, 2.45) is 17.6 Å². The number of amides is 7. The van der Waals surface area contributed by atoms with Crippen molar-refractivity contribution in [3.63, 3.8) is 0 Å². The molecule has 1 aromatic carbocycles. The maximum Gasteiger partial charge on any atom is 0.394 e. The van der Waals surface area contributed by atoms with Crippen molar-refractivity contribution in [1.29, 1.82) is 0 Å². The fourth-order valence-electron chi connectivity index (χ4n) is 5.62. The van der Waals surface area contributed by atoms with Gasteiger partial charge < -0.3 is 68.5 Å². The second kappa shape index (κ2) is 25.8. The van der Waals surface area contributed by atoms with Crippen molar-refractivity contribution in [1.82, 2.24) is 37.2 Å². The summed E-state index contributed by atoms with van der Waals surface area (Å²) in [7, 11) is 0. The van der Waals surface area contributed by atoms with Crippen molar-refractivity contribution in [2.75, 3.05) is 6.54 Å². The van der Waals surface area contributed by atoms with E-state index in [9.17, 15) is 68.1 Å². The molecule has 0 spiro atoms. The van der Waals surface area contributed by atoms with Gasteiger partial charge in [-0.05, 0) is 43.6 Å². The van der Waals surface area contributed by atoms with Gasteiger partial charge in [0.1, 0.15) is 36.3 Å². The quantitative estimate of drug-likeness (QED) is 0.0397. The average Bonchev–Trinajstić information content (AvgIpc) is 3.18. The zero-order valence-electron chi connectivity index (χ0n) is 34.7. The summed E-state index contributed by atoms with van der Waals surface area (Å²) in [5, 5.41) is 63.7. The lowest BCUT2D eigenvalue weighted by Gasteiger charge is -2.30. The Hall–Kier alpha value is -6.69. The standard InChI is InChI=1S/C38H56N8O16/c1-17(2)13-23(43-34(56)28(18(3)4)46-33(55)25(16-39)45-36(58)38(61)62)32(54)42-22(14-20-9-7-6-8-10-20)29(51)35(57)44-24(15-27(49)50)31(53)40-19(5)30(52)41-21(37(59)60)11-12-26(47)48/h6-10,17-19,21-25,28-29,51H,11-16,39H2,1-5H3,(H,40,53)(H,41,52)(H,42,54)(H,43,56)(H,44,57)(H,45,58)(H,46,55)(H,47,48)(H,49,50)(H,59,60)(H,61,62)/t19-,21-,22-,23-,24-,25-,28-,29+/m0/s1. The third kappa shape index (κ3) is 18.7. The summed E-state index contributed by atoms with van der Waals surface area (Å²) in [5.41, 5.74) is 6.03. The highest BCUT2D eigenvalue weighted by Gasteiger charge is 2.36. The molecule has 0 bridgehead atoms. The Kier molecular flexibility index (Phi) is 22.2. The van der Waals surface area contributed by atoms with Gasteiger partial charge in [-0.1, -0.05) is 58.0 Å². The second-order valence-electron chi connectivity index (χ2n) is 15.0. The number of hydrogen-bond acceptors (Lipinski definition) is 13. The first kappa shape index (κ1) is 53.3. The lowest BCUT2D eigenvalue weighted by atomic mass is 9.97. The Morgan fingerprint density at radius 3 is 1.65 bits per heavy atom. The number of aliphatic hydroxyl groups excluding tert-OH is 1. The molecule has 0 saturated heterocycles. The predicted octanol–water partition coefficient (Wildman–Crippen LogP) is -3.83. The molecule has 0 radical (unpaired) electrons. The van der Waals surface area contributed by atoms with Crippen LogP contribution < -0.4 is 43.0 Å². The molecule has 0 aromatic heterocycles. The number of carbonyl (C=O) groups is 11. The third-order valence-corrected chi connectivity index (χ3v) is 8.94. The fraction of sp³-hybridized carbons (Fsp3) is 0.553. The number of benzene rings is 1. The Morgan fingerprint density at radius 2 is 1.15 bits per heavy atom. The Bertz CT molecular complexity index is 1790. The highest BCUT2D eigenvalue weighted by atomic mass is 16.4. The van der Waals surface area contributed by atoms with Crippen LogP contribution in [0.4, 0.5) is 0 Å². The van der Waals surface area contributed by atoms with E-state index in [-0.39, 0.29) is 18.8 Å². The SMILES string of the molecule is CC(C)C[C@H](NC(=O)[C@@H](NC(=O)[C@H](CN)NC(=O)C(=O)O)C(C)C)C(=O)N[C@@H](Cc1ccccc1)[C@@H](O)C(=O)N[C@@H](CC(=O)O)C(=O)N[C@@H](C)C(=O)N[C@@H](CCC(=O)O)C(=O)O. The smallest absolute Gasteiger partial charge is 0.394 e. The maximum absolute atomic E-state index is 13.9. The van der Waals surface area contributed by atoms with Gasteiger partial charge in [0.2, 0.25) is 29.5 Å². The number of nitrogens with one attached hydrogen (secondary N) is 7. The van der Waals surface area contributed by atoms with Gasteiger partial charge in [0.15, 0.2) is 6.10 Å². The topological polar surface area (TPSA) is 399 Å². The summed E-state index contributed by atoms with van der Waals surface area (Å²) in [6.45, 7) is 7.11. The van der Waals surface area contributed by atoms with E-state index in [1.807, 2.05) is 5.32 Å². The van der Waals surface area contributed by atoms with Gasteiger partial charge in [-0.2, -0.15) is 0 Å². The molecule has 7 amide bonds. The van der Waals surface area contributed by atoms with Gasteiger partial charge >= 0.3 is 29.8 Å². The van der Waals surface area contributed by atoms with E-state index in [1.54, 1.807) is 58.0 Å². The lowest BCUT2D eigenvalue weighted by Crippen LogP contribution is -2.61. The monoisotopic (exact) mass is 880 g/mol. The number of aliphatic carboxylic acids is 4. The second-order valence-corrected chi connectivity index (χ2v) is 15.0. The largest absolute Gasteiger partial charge is 0.481 e. The first-order valence-corrected chi connectivity index (χ1v) is 19.3. The van der Waals surface area contributed by atoms with Crippen LogP contribution >= 0.6 is 0 Å². The van der Waals surface area contributed by atoms with E-state index in [2.05, 4.69) is 31.9 Å². The van der Waals surface area contributed by atoms with Crippen LogP contribution in [0.15, 0.2) is 30.3 Å². The van der Waals surface area contributed by atoms with Gasteiger partial charge in [0.25, 0.3) is 5.91 Å². The van der Waals surface area contributed by atoms with Gasteiger partial charge in [0, 0.05) is 13.0 Å². The summed E-state index contributed by atoms with van der Waals surface area (Å²) >= 11 is 0. The van der Waals surface area contributed by atoms with Crippen molar-refractivity contribution in [2.45, 2.75) is 115 Å². The molecule has 24 nitrogen and oxygen atoms in total. The molecule has 344 valence electrons. The summed E-state index contributed by atoms with van der Waals surface area (Å²) in [6, 6.07) is -2.75. The van der Waals surface area contributed by atoms with E-state index in [4.69, 9.17) is 15.9 Å². The summed E-state index contributed by atoms with van der Waals surface area (Å²) in [6.07, 6.45) is -4.61. The van der Waals surface area contributed by atoms with E-state index in [1.165, 1.54) is 0 Å². The lowest BCUT2D eigenvalue weighted by molar-refractivity contribution is -0.151. The average molecular weight is 881 g/mol. The van der Waals surface area contributed by atoms with Crippen LogP contribution in [0.25, 0.3) is 0 Å². The van der Waals surface area contributed by atoms with E-state index in [0.717, 1.165) is 6.92 Å². The third-order valence-electron chi connectivity index (χ3n) is 8.94. The molecule has 0 saturated carbocycles. The van der Waals surface area contributed by atoms with Crippen molar-refractivity contribution < 1.29 is 78.3 Å². The maximum atomic E-state index is 13.9. The molecular weight excluding hydrogens is 824 g/mol. The number of carboxylic acids is 4. The van der Waals surface area contributed by atoms with Crippen LogP contribution in [-0.4, -0.2) is 146 Å². The van der Waals surface area contributed by atoms with Gasteiger partial charge in [-0.25, -0.2) is 9.59 Å². The van der Waals surface area contributed by atoms with Crippen LogP contribution in [-0.2, 0) is 59.2 Å². The summed E-state index contributed by atoms with van der Waals surface area (Å²) in [5.74, 6) is -15.2. The number of aliphatic hydroxyl groups is 1. The van der Waals surface area contributed by atoms with Crippen LogP contribution in [0.3, 0.4) is 0 Å². The zero-order valence-corrected chi connectivity index (χ0v) is 34.7. The minimum Gasteiger partial charge on any atom is -0.481 e. The molecule has 0 fully saturated rings. The van der Waals surface area contributed by atoms with Crippen LogP contribution in [0.1, 0.15) is 65.9 Å². The number of nitrogens with two attached hydrogens (primary N) is 1. The summed E-state index contributed by atoms with van der Waals surface area (Å²) < 4.78 is 0. The molecule has 0 unspecified atom stereocenters. The van der Waals surface area contributed by atoms with E-state index < -0.39 is 145 Å². The van der Waals surface area contributed by atoms with Crippen molar-refractivity contribution >= 4 is 65.2 Å². The summed E-state index contributed by atoms with van der Waals surface area (Å²) in [4.78, 5) is 137. The van der Waals surface area contributed by atoms with Gasteiger partial charge in [0.05, 0.1) is 12.5 Å². The van der Waals surface area contributed by atoms with Crippen molar-refractivity contribution in [3.8, 4) is 0 Å². The van der Waals surface area contributed by atoms with Crippen LogP contribution in [0.5, 0.6) is 0 Å². The number of carboxylic acid groups (broad SMARTS) is 4. The molecule has 0 aliphatic carbocycles. The Labute approximate surface area is 355 Å². The highest BCUT2D eigenvalue weighted by Crippen LogP contribution is 2.12. The molecular formula is C38H56N8O16. The van der Waals surface area contributed by atoms with Crippen LogP contribution in [0, 0.1) is 11.8 Å². The normalized spacial score (nSPS) is 14.9. The predicted molar refractivity (Wildman–Crippen MR) is 213 cm³/mol. The number of rotatable bonds is 26. The number of hydrogen-bond donors (Lipinski definition) is 13. The Balaban J connectivity index is 3.36. The molecule has 8 atom stereocenters. The zero-order chi connectivity index (χ0) is 47.4. The minimum absolute atomic E-state index is 0.0177. The molecule has 0 aliphatic rings. The molecule has 1 rings (SSSR count). The van der Waals surface area contributed by atoms with E-state index in [0.29, 0.717) is 5.56 Å². The molecule has 1 aromatic rings. The molecule has 0 heterocycles. The molecule has 62 heavy (non-hydrogen) atoms. The molecule has 0 aliphatic heterocycles. The van der Waals surface area contributed by atoms with Gasteiger partial charge in [-0.3, -0.25) is 43.2 Å². The van der Waals surface area contributed by atoms with Crippen molar-refractivity contribution in [3.05, 3.63) is 35.9 Å². The minimum atomic E-state index is -2.19. The fourth-order valence-corrected chi connectivity index (χ4v) is 5.62. The van der Waals surface area contributed by atoms with Crippen LogP contribution in [0.2, 0.25) is 0 Å². The Morgan fingerprint density at radius 1 is 0.597 bits per heavy atom. The number of carbonyl (C=O) groups excluding carboxylic acids is 7. The highest BCUT2D eigenvalue weighted by molar-refractivity contribution is 6.32.